The number of thioether (sulfide) groups is 1. The van der Waals surface area contributed by atoms with E-state index < -0.39 is 5.97 Å². The van der Waals surface area contributed by atoms with Crippen molar-refractivity contribution in [3.05, 3.63) is 59.9 Å². The third-order valence-electron chi connectivity index (χ3n) is 3.66. The van der Waals surface area contributed by atoms with Crippen LogP contribution in [0.15, 0.2) is 53.4 Å². The molecule has 0 bridgehead atoms. The van der Waals surface area contributed by atoms with Gasteiger partial charge < -0.3 is 14.8 Å². The Balaban J connectivity index is 1.59. The van der Waals surface area contributed by atoms with Gasteiger partial charge in [0, 0.05) is 17.2 Å². The van der Waals surface area contributed by atoms with Crippen LogP contribution in [0.2, 0.25) is 0 Å². The SMILES string of the molecule is COc1ccccc1CCNC(=O)COC(=O)CCSc1ccc(F)cc1. The van der Waals surface area contributed by atoms with Crippen molar-refractivity contribution < 1.29 is 23.5 Å². The number of carbonyl (C=O) groups is 2. The number of halogens is 1. The molecule has 0 spiro atoms. The van der Waals surface area contributed by atoms with Gasteiger partial charge in [0.2, 0.25) is 0 Å². The molecule has 0 unspecified atom stereocenters. The van der Waals surface area contributed by atoms with Gasteiger partial charge in [-0.05, 0) is 42.3 Å². The summed E-state index contributed by atoms with van der Waals surface area (Å²) < 4.78 is 23.0. The highest BCUT2D eigenvalue weighted by molar-refractivity contribution is 7.99. The number of hydrogen-bond donors (Lipinski definition) is 1. The second-order valence-electron chi connectivity index (χ2n) is 5.62. The van der Waals surface area contributed by atoms with Crippen LogP contribution in [-0.2, 0) is 20.7 Å². The normalized spacial score (nSPS) is 10.3. The lowest BCUT2D eigenvalue weighted by Gasteiger charge is -2.09. The Morgan fingerprint density at radius 3 is 2.59 bits per heavy atom. The lowest BCUT2D eigenvalue weighted by Crippen LogP contribution is -2.30. The summed E-state index contributed by atoms with van der Waals surface area (Å²) in [6.45, 7) is 0.128. The molecule has 2 aromatic rings. The summed E-state index contributed by atoms with van der Waals surface area (Å²) in [5, 5.41) is 2.71. The molecule has 0 radical (unpaired) electrons. The third kappa shape index (κ3) is 7.70. The minimum atomic E-state index is -0.440. The summed E-state index contributed by atoms with van der Waals surface area (Å²) in [6, 6.07) is 13.6. The first-order chi connectivity index (χ1) is 13.1. The zero-order chi connectivity index (χ0) is 19.5. The van der Waals surface area contributed by atoms with Crippen LogP contribution >= 0.6 is 11.8 Å². The van der Waals surface area contributed by atoms with Crippen molar-refractivity contribution in [3.8, 4) is 5.75 Å². The Hall–Kier alpha value is -2.54. The molecular weight excluding hydrogens is 369 g/mol. The number of rotatable bonds is 10. The van der Waals surface area contributed by atoms with E-state index in [1.54, 1.807) is 19.2 Å². The Kier molecular flexibility index (Phi) is 8.64. The van der Waals surface area contributed by atoms with Crippen LogP contribution in [0.3, 0.4) is 0 Å². The first-order valence-electron chi connectivity index (χ1n) is 8.51. The van der Waals surface area contributed by atoms with Crippen LogP contribution in [0.5, 0.6) is 5.75 Å². The van der Waals surface area contributed by atoms with Crippen molar-refractivity contribution in [2.24, 2.45) is 0 Å². The van der Waals surface area contributed by atoms with Crippen LogP contribution in [0.1, 0.15) is 12.0 Å². The molecular formula is C20H22FNO4S. The largest absolute Gasteiger partial charge is 0.496 e. The first-order valence-corrected chi connectivity index (χ1v) is 9.49. The van der Waals surface area contributed by atoms with Crippen molar-refractivity contribution in [1.82, 2.24) is 5.32 Å². The number of para-hydroxylation sites is 1. The molecule has 1 amide bonds. The topological polar surface area (TPSA) is 64.6 Å². The minimum Gasteiger partial charge on any atom is -0.496 e. The van der Waals surface area contributed by atoms with E-state index in [2.05, 4.69) is 5.32 Å². The second kappa shape index (κ2) is 11.2. The van der Waals surface area contributed by atoms with Gasteiger partial charge in [-0.25, -0.2) is 4.39 Å². The number of methoxy groups -OCH3 is 1. The predicted octanol–water partition coefficient (Wildman–Crippen LogP) is 3.22. The summed E-state index contributed by atoms with van der Waals surface area (Å²) in [5.41, 5.74) is 0.995. The monoisotopic (exact) mass is 391 g/mol. The van der Waals surface area contributed by atoms with Crippen LogP contribution in [0, 0.1) is 5.82 Å². The summed E-state index contributed by atoms with van der Waals surface area (Å²) in [6.07, 6.45) is 0.800. The first kappa shape index (κ1) is 20.8. The quantitative estimate of drug-likeness (QED) is 0.498. The van der Waals surface area contributed by atoms with Crippen molar-refractivity contribution in [2.75, 3.05) is 26.0 Å². The molecule has 5 nitrogen and oxygen atoms in total. The molecule has 1 N–H and O–H groups in total. The standard InChI is InChI=1S/C20H22FNO4S/c1-25-18-5-3-2-4-15(18)10-12-22-19(23)14-26-20(24)11-13-27-17-8-6-16(21)7-9-17/h2-9H,10-14H2,1H3,(H,22,23). The highest BCUT2D eigenvalue weighted by Crippen LogP contribution is 2.19. The lowest BCUT2D eigenvalue weighted by molar-refractivity contribution is -0.148. The van der Waals surface area contributed by atoms with Crippen molar-refractivity contribution in [3.63, 3.8) is 0 Å². The number of hydrogen-bond acceptors (Lipinski definition) is 5. The molecule has 2 rings (SSSR count). The average Bonchev–Trinajstić information content (AvgIpc) is 2.68. The molecule has 2 aromatic carbocycles. The number of esters is 1. The second-order valence-corrected chi connectivity index (χ2v) is 6.79. The van der Waals surface area contributed by atoms with E-state index in [9.17, 15) is 14.0 Å². The fraction of sp³-hybridized carbons (Fsp3) is 0.300. The fourth-order valence-corrected chi connectivity index (χ4v) is 3.13. The van der Waals surface area contributed by atoms with E-state index in [0.29, 0.717) is 18.7 Å². The molecule has 0 atom stereocenters. The number of amides is 1. The van der Waals surface area contributed by atoms with Gasteiger partial charge in [0.25, 0.3) is 5.91 Å². The average molecular weight is 391 g/mol. The summed E-state index contributed by atoms with van der Waals surface area (Å²) in [7, 11) is 1.60. The molecule has 0 saturated carbocycles. The van der Waals surface area contributed by atoms with Gasteiger partial charge >= 0.3 is 5.97 Å². The molecule has 7 heteroatoms. The van der Waals surface area contributed by atoms with Crippen LogP contribution in [0.25, 0.3) is 0 Å². The molecule has 0 aliphatic rings. The number of nitrogens with one attached hydrogen (secondary N) is 1. The van der Waals surface area contributed by atoms with E-state index in [1.165, 1.54) is 23.9 Å². The molecule has 0 aliphatic heterocycles. The maximum absolute atomic E-state index is 12.8. The minimum absolute atomic E-state index is 0.177. The van der Waals surface area contributed by atoms with E-state index in [0.717, 1.165) is 16.2 Å². The molecule has 0 heterocycles. The predicted molar refractivity (Wildman–Crippen MR) is 102 cm³/mol. The molecule has 144 valence electrons. The Labute approximate surface area is 162 Å². The fourth-order valence-electron chi connectivity index (χ4n) is 2.30. The summed E-state index contributed by atoms with van der Waals surface area (Å²) in [5.74, 6) is 0.195. The summed E-state index contributed by atoms with van der Waals surface area (Å²) >= 11 is 1.43. The van der Waals surface area contributed by atoms with Gasteiger partial charge in [-0.2, -0.15) is 0 Å². The van der Waals surface area contributed by atoms with Crippen LogP contribution < -0.4 is 10.1 Å². The highest BCUT2D eigenvalue weighted by Gasteiger charge is 2.08. The van der Waals surface area contributed by atoms with Gasteiger partial charge in [-0.1, -0.05) is 18.2 Å². The van der Waals surface area contributed by atoms with Gasteiger partial charge in [0.15, 0.2) is 6.61 Å². The molecule has 27 heavy (non-hydrogen) atoms. The third-order valence-corrected chi connectivity index (χ3v) is 4.68. The van der Waals surface area contributed by atoms with Crippen LogP contribution in [-0.4, -0.2) is 37.9 Å². The van der Waals surface area contributed by atoms with E-state index >= 15 is 0 Å². The molecule has 0 saturated heterocycles. The summed E-state index contributed by atoms with van der Waals surface area (Å²) in [4.78, 5) is 24.3. The Morgan fingerprint density at radius 2 is 1.85 bits per heavy atom. The van der Waals surface area contributed by atoms with E-state index in [-0.39, 0.29) is 24.8 Å². The number of ether oxygens (including phenoxy) is 2. The van der Waals surface area contributed by atoms with Gasteiger partial charge in [0.05, 0.1) is 13.5 Å². The zero-order valence-electron chi connectivity index (χ0n) is 15.1. The molecule has 0 aromatic heterocycles. The van der Waals surface area contributed by atoms with Gasteiger partial charge in [-0.15, -0.1) is 11.8 Å². The maximum atomic E-state index is 12.8. The smallest absolute Gasteiger partial charge is 0.307 e. The van der Waals surface area contributed by atoms with Crippen molar-refractivity contribution >= 4 is 23.6 Å². The van der Waals surface area contributed by atoms with E-state index in [4.69, 9.17) is 9.47 Å². The number of benzene rings is 2. The van der Waals surface area contributed by atoms with Gasteiger partial charge in [-0.3, -0.25) is 9.59 Å². The van der Waals surface area contributed by atoms with E-state index in [1.807, 2.05) is 24.3 Å². The molecule has 0 fully saturated rings. The van der Waals surface area contributed by atoms with Crippen LogP contribution in [0.4, 0.5) is 4.39 Å². The highest BCUT2D eigenvalue weighted by atomic mass is 32.2. The van der Waals surface area contributed by atoms with Crippen molar-refractivity contribution in [2.45, 2.75) is 17.7 Å². The Morgan fingerprint density at radius 1 is 1.11 bits per heavy atom. The number of carbonyl (C=O) groups excluding carboxylic acids is 2. The lowest BCUT2D eigenvalue weighted by atomic mass is 10.1. The zero-order valence-corrected chi connectivity index (χ0v) is 15.9. The van der Waals surface area contributed by atoms with Crippen molar-refractivity contribution in [1.29, 1.82) is 0 Å². The van der Waals surface area contributed by atoms with Gasteiger partial charge in [0.1, 0.15) is 11.6 Å². The maximum Gasteiger partial charge on any atom is 0.307 e. The molecule has 0 aliphatic carbocycles. The Bertz CT molecular complexity index is 752.